The van der Waals surface area contributed by atoms with Crippen LogP contribution in [0.3, 0.4) is 0 Å². The topological polar surface area (TPSA) is 32.5 Å². The minimum Gasteiger partial charge on any atom is -0.329 e. The van der Waals surface area contributed by atoms with Crippen LogP contribution in [0.1, 0.15) is 39.0 Å². The molecule has 2 fully saturated rings. The summed E-state index contributed by atoms with van der Waals surface area (Å²) in [7, 11) is 2.29. The van der Waals surface area contributed by atoms with Crippen molar-refractivity contribution < 1.29 is 0 Å². The Morgan fingerprint density at radius 2 is 1.94 bits per heavy atom. The number of likely N-dealkylation sites (tertiary alicyclic amines) is 1. The zero-order valence-electron chi connectivity index (χ0n) is 10.9. The van der Waals surface area contributed by atoms with Gasteiger partial charge in [0.2, 0.25) is 0 Å². The lowest BCUT2D eigenvalue weighted by Crippen LogP contribution is -2.58. The standard InChI is InChI=1S/C13H27N3/c1-3-8-16-9-6-13(11-14,7-10-16)15(2)12-4-5-12/h12H,3-11,14H2,1-2H3. The van der Waals surface area contributed by atoms with Gasteiger partial charge in [-0.3, -0.25) is 4.90 Å². The Bertz CT molecular complexity index is 217. The molecule has 2 N–H and O–H groups in total. The van der Waals surface area contributed by atoms with Crippen LogP contribution in [0.2, 0.25) is 0 Å². The van der Waals surface area contributed by atoms with Gasteiger partial charge in [-0.05, 0) is 58.8 Å². The average Bonchev–Trinajstić information content (AvgIpc) is 3.14. The van der Waals surface area contributed by atoms with Crippen molar-refractivity contribution in [3.63, 3.8) is 0 Å². The molecule has 0 aromatic heterocycles. The molecule has 94 valence electrons. The summed E-state index contributed by atoms with van der Waals surface area (Å²) >= 11 is 0. The van der Waals surface area contributed by atoms with Crippen molar-refractivity contribution in [3.8, 4) is 0 Å². The van der Waals surface area contributed by atoms with Gasteiger partial charge in [-0.1, -0.05) is 6.92 Å². The van der Waals surface area contributed by atoms with Gasteiger partial charge in [0, 0.05) is 18.1 Å². The first-order valence-corrected chi connectivity index (χ1v) is 6.87. The van der Waals surface area contributed by atoms with Gasteiger partial charge in [0.05, 0.1) is 0 Å². The maximum absolute atomic E-state index is 6.06. The molecular weight excluding hydrogens is 198 g/mol. The molecule has 0 unspecified atom stereocenters. The van der Waals surface area contributed by atoms with E-state index < -0.39 is 0 Å². The summed E-state index contributed by atoms with van der Waals surface area (Å²) < 4.78 is 0. The van der Waals surface area contributed by atoms with Crippen LogP contribution < -0.4 is 5.73 Å². The van der Waals surface area contributed by atoms with Gasteiger partial charge in [-0.15, -0.1) is 0 Å². The Hall–Kier alpha value is -0.120. The Morgan fingerprint density at radius 1 is 1.31 bits per heavy atom. The lowest BCUT2D eigenvalue weighted by Gasteiger charge is -2.47. The second-order valence-electron chi connectivity index (χ2n) is 5.61. The summed E-state index contributed by atoms with van der Waals surface area (Å²) in [6, 6.07) is 0.835. The first kappa shape index (κ1) is 12.3. The highest BCUT2D eigenvalue weighted by molar-refractivity contribution is 5.00. The molecule has 0 atom stereocenters. The molecule has 2 rings (SSSR count). The lowest BCUT2D eigenvalue weighted by molar-refractivity contribution is 0.0399. The number of hydrogen-bond donors (Lipinski definition) is 1. The predicted molar refractivity (Wildman–Crippen MR) is 68.5 cm³/mol. The Kier molecular flexibility index (Phi) is 3.88. The number of rotatable bonds is 5. The summed E-state index contributed by atoms with van der Waals surface area (Å²) in [5.41, 5.74) is 6.37. The Labute approximate surface area is 100.0 Å². The fourth-order valence-corrected chi connectivity index (χ4v) is 3.06. The van der Waals surface area contributed by atoms with Gasteiger partial charge in [0.15, 0.2) is 0 Å². The maximum atomic E-state index is 6.06. The van der Waals surface area contributed by atoms with Crippen molar-refractivity contribution in [1.82, 2.24) is 9.80 Å². The number of piperidine rings is 1. The third kappa shape index (κ3) is 2.41. The first-order chi connectivity index (χ1) is 7.72. The van der Waals surface area contributed by atoms with Crippen molar-refractivity contribution >= 4 is 0 Å². The molecule has 0 aromatic carbocycles. The molecule has 1 saturated carbocycles. The number of nitrogens with two attached hydrogens (primary N) is 1. The second-order valence-corrected chi connectivity index (χ2v) is 5.61. The van der Waals surface area contributed by atoms with Crippen LogP contribution in [-0.4, -0.2) is 54.6 Å². The first-order valence-electron chi connectivity index (χ1n) is 6.87. The SMILES string of the molecule is CCCN1CCC(CN)(N(C)C2CC2)CC1. The minimum atomic E-state index is 0.311. The Balaban J connectivity index is 1.91. The molecule has 1 aliphatic heterocycles. The summed E-state index contributed by atoms with van der Waals surface area (Å²) in [5.74, 6) is 0. The fourth-order valence-electron chi connectivity index (χ4n) is 3.06. The quantitative estimate of drug-likeness (QED) is 0.765. The molecule has 3 heteroatoms. The average molecular weight is 225 g/mol. The largest absolute Gasteiger partial charge is 0.329 e. The van der Waals surface area contributed by atoms with Crippen LogP contribution in [-0.2, 0) is 0 Å². The third-order valence-corrected chi connectivity index (χ3v) is 4.55. The summed E-state index contributed by atoms with van der Waals surface area (Å²) in [5, 5.41) is 0. The van der Waals surface area contributed by atoms with Gasteiger partial charge in [-0.2, -0.15) is 0 Å². The predicted octanol–water partition coefficient (Wildman–Crippen LogP) is 1.28. The molecule has 0 radical (unpaired) electrons. The smallest absolute Gasteiger partial charge is 0.0355 e. The molecule has 1 saturated heterocycles. The number of nitrogens with zero attached hydrogens (tertiary/aromatic N) is 2. The van der Waals surface area contributed by atoms with Crippen molar-refractivity contribution in [3.05, 3.63) is 0 Å². The zero-order valence-corrected chi connectivity index (χ0v) is 10.9. The van der Waals surface area contributed by atoms with Crippen LogP contribution in [0, 0.1) is 0 Å². The Morgan fingerprint density at radius 3 is 2.38 bits per heavy atom. The van der Waals surface area contributed by atoms with E-state index >= 15 is 0 Å². The molecule has 1 heterocycles. The maximum Gasteiger partial charge on any atom is 0.0355 e. The van der Waals surface area contributed by atoms with Crippen molar-refractivity contribution in [1.29, 1.82) is 0 Å². The normalized spacial score (nSPS) is 26.2. The summed E-state index contributed by atoms with van der Waals surface area (Å²) in [6.07, 6.45) is 6.56. The summed E-state index contributed by atoms with van der Waals surface area (Å²) in [4.78, 5) is 5.19. The monoisotopic (exact) mass is 225 g/mol. The van der Waals surface area contributed by atoms with Crippen LogP contribution in [0.4, 0.5) is 0 Å². The molecule has 1 aliphatic carbocycles. The molecule has 0 amide bonds. The van der Waals surface area contributed by atoms with E-state index in [4.69, 9.17) is 5.73 Å². The van der Waals surface area contributed by atoms with Gasteiger partial charge < -0.3 is 10.6 Å². The molecule has 2 aliphatic rings. The van der Waals surface area contributed by atoms with Crippen LogP contribution in [0.15, 0.2) is 0 Å². The van der Waals surface area contributed by atoms with Gasteiger partial charge in [0.1, 0.15) is 0 Å². The van der Waals surface area contributed by atoms with E-state index in [9.17, 15) is 0 Å². The van der Waals surface area contributed by atoms with Gasteiger partial charge in [-0.25, -0.2) is 0 Å². The molecule has 3 nitrogen and oxygen atoms in total. The highest BCUT2D eigenvalue weighted by Crippen LogP contribution is 2.36. The molecule has 0 aromatic rings. The van der Waals surface area contributed by atoms with Crippen LogP contribution in [0.5, 0.6) is 0 Å². The number of hydrogen-bond acceptors (Lipinski definition) is 3. The second kappa shape index (κ2) is 5.03. The van der Waals surface area contributed by atoms with Gasteiger partial charge in [0.25, 0.3) is 0 Å². The highest BCUT2D eigenvalue weighted by Gasteiger charge is 2.42. The number of likely N-dealkylation sites (N-methyl/N-ethyl adjacent to an activating group) is 1. The van der Waals surface area contributed by atoms with Crippen molar-refractivity contribution in [2.75, 3.05) is 33.2 Å². The lowest BCUT2D eigenvalue weighted by atomic mass is 9.85. The fraction of sp³-hybridized carbons (Fsp3) is 1.00. The van der Waals surface area contributed by atoms with Crippen molar-refractivity contribution in [2.45, 2.75) is 50.6 Å². The molecule has 0 spiro atoms. The van der Waals surface area contributed by atoms with E-state index in [1.165, 1.54) is 51.7 Å². The molecular formula is C13H27N3. The molecule has 0 bridgehead atoms. The highest BCUT2D eigenvalue weighted by atomic mass is 15.3. The van der Waals surface area contributed by atoms with E-state index in [1.807, 2.05) is 0 Å². The van der Waals surface area contributed by atoms with Crippen molar-refractivity contribution in [2.24, 2.45) is 5.73 Å². The van der Waals surface area contributed by atoms with E-state index in [2.05, 4.69) is 23.8 Å². The zero-order chi connectivity index (χ0) is 11.6. The van der Waals surface area contributed by atoms with Crippen LogP contribution >= 0.6 is 0 Å². The van der Waals surface area contributed by atoms with Gasteiger partial charge >= 0.3 is 0 Å². The van der Waals surface area contributed by atoms with Crippen LogP contribution in [0.25, 0.3) is 0 Å². The van der Waals surface area contributed by atoms with E-state index in [0.29, 0.717) is 5.54 Å². The minimum absolute atomic E-state index is 0.311. The summed E-state index contributed by atoms with van der Waals surface area (Å²) in [6.45, 7) is 6.83. The van der Waals surface area contributed by atoms with E-state index in [0.717, 1.165) is 12.6 Å². The third-order valence-electron chi connectivity index (χ3n) is 4.55. The molecule has 16 heavy (non-hydrogen) atoms. The van der Waals surface area contributed by atoms with E-state index in [1.54, 1.807) is 0 Å². The van der Waals surface area contributed by atoms with E-state index in [-0.39, 0.29) is 0 Å².